The van der Waals surface area contributed by atoms with Gasteiger partial charge in [0.05, 0.1) is 12.2 Å². The van der Waals surface area contributed by atoms with E-state index < -0.39 is 12.2 Å². The van der Waals surface area contributed by atoms with Gasteiger partial charge in [-0.3, -0.25) is 15.2 Å². The van der Waals surface area contributed by atoms with Gasteiger partial charge in [-0.15, -0.1) is 0 Å². The summed E-state index contributed by atoms with van der Waals surface area (Å²) in [4.78, 5) is 36.9. The third-order valence-corrected chi connectivity index (χ3v) is 7.22. The fourth-order valence-electron chi connectivity index (χ4n) is 4.47. The lowest BCUT2D eigenvalue weighted by Crippen LogP contribution is -2.45. The summed E-state index contributed by atoms with van der Waals surface area (Å²) in [5.41, 5.74) is 1.01. The highest BCUT2D eigenvalue weighted by atomic mass is 32.1. The molecule has 0 unspecified atom stereocenters. The molecule has 36 heavy (non-hydrogen) atoms. The Morgan fingerprint density at radius 1 is 1.17 bits per heavy atom. The van der Waals surface area contributed by atoms with E-state index in [2.05, 4.69) is 62.0 Å². The number of H-pyrrole nitrogens is 1. The number of carbonyl (C=O) groups excluding carboxylic acids is 1. The highest BCUT2D eigenvalue weighted by Gasteiger charge is 2.39. The molecular formula is C21H27FN12OS. The van der Waals surface area contributed by atoms with Crippen molar-refractivity contribution in [2.24, 2.45) is 0 Å². The van der Waals surface area contributed by atoms with E-state index in [-0.39, 0.29) is 24.8 Å². The Labute approximate surface area is 210 Å². The molecule has 15 heteroatoms. The molecule has 2 atom stereocenters. The van der Waals surface area contributed by atoms with Crippen molar-refractivity contribution in [3.05, 3.63) is 18.1 Å². The number of rotatable bonds is 7. The van der Waals surface area contributed by atoms with Gasteiger partial charge in [-0.2, -0.15) is 24.4 Å². The van der Waals surface area contributed by atoms with E-state index in [9.17, 15) is 9.18 Å². The standard InChI is InChI=1S/C21H27FN12OS/c1-32-4-6-33(7-5-32)19-27-18(25-16-9-14(30-31-16)12-2-3-12)28-20(29-19)34-10-13(22)8-15(34)17(35)26-21-23-11-24-36-21/h9,11-13,15H,2-8,10H2,1H3,(H,23,24,26,35)(H2,25,27,28,29,30,31)/t13-,15+/m1/s1. The monoisotopic (exact) mass is 514 g/mol. The summed E-state index contributed by atoms with van der Waals surface area (Å²) < 4.78 is 18.5. The lowest BCUT2D eigenvalue weighted by molar-refractivity contribution is -0.117. The van der Waals surface area contributed by atoms with Crippen LogP contribution in [0, 0.1) is 0 Å². The predicted octanol–water partition coefficient (Wildman–Crippen LogP) is 1.37. The SMILES string of the molecule is CN1CCN(c2nc(Nc3cc(C4CC4)n[nH]3)nc(N3C[C@H](F)C[C@H]3C(=O)Nc3ncns3)n2)CC1. The Morgan fingerprint density at radius 3 is 2.72 bits per heavy atom. The molecule has 3 fully saturated rings. The lowest BCUT2D eigenvalue weighted by atomic mass is 10.2. The molecule has 3 N–H and O–H groups in total. The van der Waals surface area contributed by atoms with Gasteiger partial charge in [0.1, 0.15) is 24.4 Å². The predicted molar refractivity (Wildman–Crippen MR) is 133 cm³/mol. The Hall–Kier alpha value is -3.46. The number of amides is 1. The topological polar surface area (TPSA) is 144 Å². The number of likely N-dealkylation sites (N-methyl/N-ethyl adjacent to an activating group) is 1. The number of anilines is 5. The van der Waals surface area contributed by atoms with Crippen molar-refractivity contribution in [3.63, 3.8) is 0 Å². The van der Waals surface area contributed by atoms with E-state index in [4.69, 9.17) is 0 Å². The minimum absolute atomic E-state index is 0.00965. The van der Waals surface area contributed by atoms with Gasteiger partial charge in [-0.05, 0) is 19.9 Å². The number of piperazine rings is 1. The minimum atomic E-state index is -1.19. The maximum absolute atomic E-state index is 14.6. The number of aromatic amines is 1. The molecule has 0 spiro atoms. The summed E-state index contributed by atoms with van der Waals surface area (Å²) >= 11 is 1.06. The molecule has 190 valence electrons. The zero-order valence-corrected chi connectivity index (χ0v) is 20.6. The number of hydrogen-bond donors (Lipinski definition) is 3. The molecule has 3 aliphatic rings. The van der Waals surface area contributed by atoms with Crippen LogP contribution in [0.15, 0.2) is 12.4 Å². The molecule has 5 heterocycles. The first-order valence-corrected chi connectivity index (χ1v) is 12.8. The maximum Gasteiger partial charge on any atom is 0.249 e. The summed E-state index contributed by atoms with van der Waals surface area (Å²) in [6.45, 7) is 3.26. The first-order valence-electron chi connectivity index (χ1n) is 12.0. The molecule has 0 radical (unpaired) electrons. The Kier molecular flexibility index (Phi) is 6.08. The van der Waals surface area contributed by atoms with Crippen molar-refractivity contribution in [2.75, 3.05) is 60.2 Å². The third-order valence-electron chi connectivity index (χ3n) is 6.64. The highest BCUT2D eigenvalue weighted by Crippen LogP contribution is 2.39. The van der Waals surface area contributed by atoms with Gasteiger partial charge in [-0.25, -0.2) is 9.37 Å². The number of halogens is 1. The van der Waals surface area contributed by atoms with Crippen LogP contribution in [-0.4, -0.2) is 97.3 Å². The number of nitrogens with zero attached hydrogens (tertiary/aromatic N) is 9. The molecular weight excluding hydrogens is 487 g/mol. The van der Waals surface area contributed by atoms with E-state index >= 15 is 0 Å². The second kappa shape index (κ2) is 9.54. The van der Waals surface area contributed by atoms with Crippen molar-refractivity contribution in [3.8, 4) is 0 Å². The van der Waals surface area contributed by atoms with Gasteiger partial charge < -0.3 is 20.0 Å². The van der Waals surface area contributed by atoms with Crippen LogP contribution in [-0.2, 0) is 4.79 Å². The first kappa shape index (κ1) is 23.0. The van der Waals surface area contributed by atoms with E-state index in [0.29, 0.717) is 28.8 Å². The van der Waals surface area contributed by atoms with E-state index in [1.54, 1.807) is 4.90 Å². The average molecular weight is 515 g/mol. The van der Waals surface area contributed by atoms with Crippen LogP contribution in [0.4, 0.5) is 33.2 Å². The van der Waals surface area contributed by atoms with Crippen molar-refractivity contribution < 1.29 is 9.18 Å². The molecule has 2 saturated heterocycles. The molecule has 0 aromatic carbocycles. The summed E-state index contributed by atoms with van der Waals surface area (Å²) in [6, 6.07) is 1.18. The fraction of sp³-hybridized carbons (Fsp3) is 0.571. The average Bonchev–Trinajstić information content (AvgIpc) is 3.22. The second-order valence-corrected chi connectivity index (χ2v) is 10.2. The van der Waals surface area contributed by atoms with Gasteiger partial charge in [0.15, 0.2) is 0 Å². The lowest BCUT2D eigenvalue weighted by Gasteiger charge is -2.33. The van der Waals surface area contributed by atoms with Crippen molar-refractivity contribution >= 4 is 46.2 Å². The normalized spacial score (nSPS) is 22.7. The zero-order chi connectivity index (χ0) is 24.6. The van der Waals surface area contributed by atoms with E-state index in [1.165, 1.54) is 6.33 Å². The fourth-order valence-corrected chi connectivity index (χ4v) is 4.90. The van der Waals surface area contributed by atoms with Crippen molar-refractivity contribution in [2.45, 2.75) is 37.4 Å². The quantitative estimate of drug-likeness (QED) is 0.420. The molecule has 0 bridgehead atoms. The van der Waals surface area contributed by atoms with E-state index in [1.807, 2.05) is 6.07 Å². The molecule has 2 aliphatic heterocycles. The Bertz CT molecular complexity index is 1210. The molecule has 1 amide bonds. The Morgan fingerprint density at radius 2 is 1.97 bits per heavy atom. The van der Waals surface area contributed by atoms with Crippen LogP contribution in [0.2, 0.25) is 0 Å². The number of nitrogens with one attached hydrogen (secondary N) is 3. The van der Waals surface area contributed by atoms with Crippen LogP contribution >= 0.6 is 11.5 Å². The van der Waals surface area contributed by atoms with Gasteiger partial charge in [-0.1, -0.05) is 0 Å². The number of carbonyl (C=O) groups is 1. The molecule has 6 rings (SSSR count). The van der Waals surface area contributed by atoms with E-state index in [0.717, 1.165) is 56.2 Å². The van der Waals surface area contributed by atoms with Crippen LogP contribution in [0.3, 0.4) is 0 Å². The molecule has 3 aromatic rings. The minimum Gasteiger partial charge on any atom is -0.338 e. The second-order valence-electron chi connectivity index (χ2n) is 9.39. The zero-order valence-electron chi connectivity index (χ0n) is 19.8. The van der Waals surface area contributed by atoms with Crippen molar-refractivity contribution in [1.82, 2.24) is 39.4 Å². The highest BCUT2D eigenvalue weighted by molar-refractivity contribution is 7.09. The molecule has 1 saturated carbocycles. The first-order chi connectivity index (χ1) is 17.5. The summed E-state index contributed by atoms with van der Waals surface area (Å²) in [5.74, 6) is 1.86. The van der Waals surface area contributed by atoms with Crippen molar-refractivity contribution in [1.29, 1.82) is 0 Å². The summed E-state index contributed by atoms with van der Waals surface area (Å²) in [5, 5.41) is 13.7. The summed E-state index contributed by atoms with van der Waals surface area (Å²) in [6.07, 6.45) is 2.50. The number of aromatic nitrogens is 7. The van der Waals surface area contributed by atoms with Gasteiger partial charge >= 0.3 is 0 Å². The van der Waals surface area contributed by atoms with Crippen LogP contribution in [0.1, 0.15) is 30.9 Å². The third kappa shape index (κ3) is 4.93. The number of hydrogen-bond acceptors (Lipinski definition) is 12. The molecule has 13 nitrogen and oxygen atoms in total. The summed E-state index contributed by atoms with van der Waals surface area (Å²) in [7, 11) is 2.08. The Balaban J connectivity index is 1.30. The van der Waals surface area contributed by atoms with Crippen LogP contribution in [0.25, 0.3) is 0 Å². The molecule has 3 aromatic heterocycles. The smallest absolute Gasteiger partial charge is 0.249 e. The van der Waals surface area contributed by atoms with Crippen LogP contribution in [0.5, 0.6) is 0 Å². The largest absolute Gasteiger partial charge is 0.338 e. The number of alkyl halides is 1. The van der Waals surface area contributed by atoms with Gasteiger partial charge in [0.2, 0.25) is 28.9 Å². The molecule has 1 aliphatic carbocycles. The maximum atomic E-state index is 14.6. The van der Waals surface area contributed by atoms with Gasteiger partial charge in [0, 0.05) is 56.1 Å². The van der Waals surface area contributed by atoms with Crippen LogP contribution < -0.4 is 20.4 Å². The van der Waals surface area contributed by atoms with Gasteiger partial charge in [0.25, 0.3) is 0 Å².